The maximum absolute atomic E-state index is 12.1. The summed E-state index contributed by atoms with van der Waals surface area (Å²) in [6.45, 7) is 0.523. The third kappa shape index (κ3) is 3.49. The highest BCUT2D eigenvalue weighted by Crippen LogP contribution is 2.25. The first-order valence-electron chi connectivity index (χ1n) is 4.85. The zero-order chi connectivity index (χ0) is 12.1. The second-order valence-electron chi connectivity index (χ2n) is 3.52. The van der Waals surface area contributed by atoms with Crippen molar-refractivity contribution in [1.82, 2.24) is 0 Å². The number of anilines is 1. The summed E-state index contributed by atoms with van der Waals surface area (Å²) in [7, 11) is 0. The highest BCUT2D eigenvalue weighted by atomic mass is 19.3. The van der Waals surface area contributed by atoms with E-state index in [0.29, 0.717) is 0 Å². The Bertz CT molecular complexity index is 367. The Morgan fingerprint density at radius 2 is 1.94 bits per heavy atom. The number of amides is 1. The normalized spacial score (nSPS) is 10.6. The molecule has 1 rings (SSSR count). The Labute approximate surface area is 92.4 Å². The van der Waals surface area contributed by atoms with Crippen LogP contribution < -0.4 is 10.1 Å². The number of rotatable bonds is 4. The lowest BCUT2D eigenvalue weighted by Gasteiger charge is -2.12. The Morgan fingerprint density at radius 3 is 2.50 bits per heavy atom. The molecule has 88 valence electrons. The Kier molecular flexibility index (Phi) is 4.22. The second-order valence-corrected chi connectivity index (χ2v) is 3.52. The van der Waals surface area contributed by atoms with E-state index in [0.717, 1.165) is 0 Å². The zero-order valence-corrected chi connectivity index (χ0v) is 9.04. The van der Waals surface area contributed by atoms with Crippen molar-refractivity contribution in [1.29, 1.82) is 0 Å². The van der Waals surface area contributed by atoms with E-state index < -0.39 is 6.61 Å². The summed E-state index contributed by atoms with van der Waals surface area (Å²) in [5.41, 5.74) is 0.251. The van der Waals surface area contributed by atoms with Gasteiger partial charge in [-0.1, -0.05) is 26.0 Å². The van der Waals surface area contributed by atoms with Crippen LogP contribution in [0, 0.1) is 5.92 Å². The molecule has 0 spiro atoms. The molecule has 1 aromatic rings. The van der Waals surface area contributed by atoms with Gasteiger partial charge in [0.1, 0.15) is 5.75 Å². The number of nitrogens with one attached hydrogen (secondary N) is 1. The molecule has 0 heterocycles. The number of carbonyl (C=O) groups excluding carboxylic acids is 1. The van der Waals surface area contributed by atoms with Gasteiger partial charge in [-0.25, -0.2) is 0 Å². The Morgan fingerprint density at radius 1 is 1.31 bits per heavy atom. The fourth-order valence-electron chi connectivity index (χ4n) is 1.05. The van der Waals surface area contributed by atoms with E-state index in [1.165, 1.54) is 12.1 Å². The van der Waals surface area contributed by atoms with Crippen molar-refractivity contribution in [2.24, 2.45) is 5.92 Å². The molecular weight excluding hydrogens is 216 g/mol. The quantitative estimate of drug-likeness (QED) is 0.862. The molecule has 0 bridgehead atoms. The average Bonchev–Trinajstić information content (AvgIpc) is 2.20. The van der Waals surface area contributed by atoms with E-state index in [1.807, 2.05) is 0 Å². The van der Waals surface area contributed by atoms with Gasteiger partial charge < -0.3 is 10.1 Å². The van der Waals surface area contributed by atoms with E-state index in [2.05, 4.69) is 10.1 Å². The summed E-state index contributed by atoms with van der Waals surface area (Å²) >= 11 is 0. The molecule has 16 heavy (non-hydrogen) atoms. The molecule has 3 nitrogen and oxygen atoms in total. The molecule has 0 aromatic heterocycles. The molecule has 0 saturated carbocycles. The fourth-order valence-corrected chi connectivity index (χ4v) is 1.05. The smallest absolute Gasteiger partial charge is 0.387 e. The summed E-state index contributed by atoms with van der Waals surface area (Å²) < 4.78 is 28.4. The fraction of sp³-hybridized carbons (Fsp3) is 0.364. The number of ether oxygens (including phenoxy) is 1. The van der Waals surface area contributed by atoms with Gasteiger partial charge >= 0.3 is 6.61 Å². The van der Waals surface area contributed by atoms with Gasteiger partial charge in [-0.15, -0.1) is 0 Å². The van der Waals surface area contributed by atoms with Crippen molar-refractivity contribution in [3.63, 3.8) is 0 Å². The van der Waals surface area contributed by atoms with Gasteiger partial charge in [-0.05, 0) is 12.1 Å². The minimum absolute atomic E-state index is 0.0356. The van der Waals surface area contributed by atoms with E-state index in [9.17, 15) is 13.6 Å². The summed E-state index contributed by atoms with van der Waals surface area (Å²) in [5, 5.41) is 2.52. The first-order valence-corrected chi connectivity index (χ1v) is 4.85. The van der Waals surface area contributed by atoms with Gasteiger partial charge in [0.15, 0.2) is 0 Å². The van der Waals surface area contributed by atoms with Crippen LogP contribution in [-0.2, 0) is 4.79 Å². The predicted molar refractivity (Wildman–Crippen MR) is 56.5 cm³/mol. The van der Waals surface area contributed by atoms with Crippen LogP contribution in [0.15, 0.2) is 24.3 Å². The van der Waals surface area contributed by atoms with Crippen molar-refractivity contribution < 1.29 is 18.3 Å². The first-order chi connectivity index (χ1) is 7.50. The Hall–Kier alpha value is -1.65. The summed E-state index contributed by atoms with van der Waals surface area (Å²) in [6, 6.07) is 6.08. The number of halogens is 2. The van der Waals surface area contributed by atoms with Crippen LogP contribution in [0.2, 0.25) is 0 Å². The lowest BCUT2D eigenvalue weighted by atomic mass is 10.2. The SMILES string of the molecule is CC(C)C(=O)Nc1ccccc1OC(F)F. The van der Waals surface area contributed by atoms with Gasteiger partial charge in [0, 0.05) is 5.92 Å². The topological polar surface area (TPSA) is 38.3 Å². The number of hydrogen-bond acceptors (Lipinski definition) is 2. The molecule has 0 aliphatic heterocycles. The lowest BCUT2D eigenvalue weighted by molar-refractivity contribution is -0.119. The van der Waals surface area contributed by atoms with Crippen molar-refractivity contribution in [2.75, 3.05) is 5.32 Å². The summed E-state index contributed by atoms with van der Waals surface area (Å²) in [5.74, 6) is -0.503. The van der Waals surface area contributed by atoms with Crippen molar-refractivity contribution in [3.05, 3.63) is 24.3 Å². The van der Waals surface area contributed by atoms with Crippen molar-refractivity contribution in [2.45, 2.75) is 20.5 Å². The average molecular weight is 229 g/mol. The van der Waals surface area contributed by atoms with E-state index in [-0.39, 0.29) is 23.3 Å². The molecule has 1 amide bonds. The molecule has 0 saturated heterocycles. The van der Waals surface area contributed by atoms with E-state index in [4.69, 9.17) is 0 Å². The van der Waals surface area contributed by atoms with Gasteiger partial charge in [0.05, 0.1) is 5.69 Å². The van der Waals surface area contributed by atoms with Crippen LogP contribution in [0.25, 0.3) is 0 Å². The molecule has 0 aliphatic rings. The minimum Gasteiger partial charge on any atom is -0.433 e. The largest absolute Gasteiger partial charge is 0.433 e. The van der Waals surface area contributed by atoms with E-state index in [1.54, 1.807) is 26.0 Å². The second kappa shape index (κ2) is 5.44. The lowest BCUT2D eigenvalue weighted by Crippen LogP contribution is -2.18. The third-order valence-electron chi connectivity index (χ3n) is 1.89. The standard InChI is InChI=1S/C11H13F2NO2/c1-7(2)10(15)14-8-5-3-4-6-9(8)16-11(12)13/h3-7,11H,1-2H3,(H,14,15). The maximum atomic E-state index is 12.1. The van der Waals surface area contributed by atoms with E-state index >= 15 is 0 Å². The highest BCUT2D eigenvalue weighted by molar-refractivity contribution is 5.93. The van der Waals surface area contributed by atoms with Crippen LogP contribution in [0.1, 0.15) is 13.8 Å². The molecule has 0 radical (unpaired) electrons. The van der Waals surface area contributed by atoms with Gasteiger partial charge in [-0.3, -0.25) is 4.79 Å². The predicted octanol–water partition coefficient (Wildman–Crippen LogP) is 2.88. The zero-order valence-electron chi connectivity index (χ0n) is 9.04. The van der Waals surface area contributed by atoms with Gasteiger partial charge in [-0.2, -0.15) is 8.78 Å². The van der Waals surface area contributed by atoms with Crippen LogP contribution in [-0.4, -0.2) is 12.5 Å². The third-order valence-corrected chi connectivity index (χ3v) is 1.89. The molecule has 0 atom stereocenters. The molecule has 0 fully saturated rings. The molecule has 0 unspecified atom stereocenters. The Balaban J connectivity index is 2.82. The molecule has 0 aliphatic carbocycles. The minimum atomic E-state index is -2.91. The highest BCUT2D eigenvalue weighted by Gasteiger charge is 2.12. The van der Waals surface area contributed by atoms with Crippen molar-refractivity contribution in [3.8, 4) is 5.75 Å². The van der Waals surface area contributed by atoms with Gasteiger partial charge in [0.25, 0.3) is 0 Å². The number of hydrogen-bond donors (Lipinski definition) is 1. The molecular formula is C11H13F2NO2. The van der Waals surface area contributed by atoms with Gasteiger partial charge in [0.2, 0.25) is 5.91 Å². The first kappa shape index (κ1) is 12.4. The van der Waals surface area contributed by atoms with Crippen molar-refractivity contribution >= 4 is 11.6 Å². The van der Waals surface area contributed by atoms with Crippen LogP contribution in [0.3, 0.4) is 0 Å². The monoisotopic (exact) mass is 229 g/mol. The number of para-hydroxylation sites is 2. The van der Waals surface area contributed by atoms with Crippen LogP contribution in [0.5, 0.6) is 5.75 Å². The number of alkyl halides is 2. The number of benzene rings is 1. The molecule has 5 heteroatoms. The molecule has 1 N–H and O–H groups in total. The van der Waals surface area contributed by atoms with Crippen LogP contribution in [0.4, 0.5) is 14.5 Å². The molecule has 1 aromatic carbocycles. The summed E-state index contributed by atoms with van der Waals surface area (Å²) in [4.78, 5) is 11.4. The maximum Gasteiger partial charge on any atom is 0.387 e. The number of carbonyl (C=O) groups is 1. The summed E-state index contributed by atoms with van der Waals surface area (Å²) in [6.07, 6.45) is 0. The van der Waals surface area contributed by atoms with Crippen LogP contribution >= 0.6 is 0 Å².